The van der Waals surface area contributed by atoms with Crippen LogP contribution in [0.2, 0.25) is 0 Å². The molecule has 8 heteroatoms. The highest BCUT2D eigenvalue weighted by Gasteiger charge is 2.11. The third-order valence-corrected chi connectivity index (χ3v) is 4.08. The first-order valence-electron chi connectivity index (χ1n) is 8.93. The number of benzene rings is 2. The average Bonchev–Trinajstić information content (AvgIpc) is 2.71. The first kappa shape index (κ1) is 21.4. The van der Waals surface area contributed by atoms with Crippen LogP contribution in [-0.2, 0) is 6.54 Å². The number of methoxy groups -OCH3 is 1. The van der Waals surface area contributed by atoms with Gasteiger partial charge in [-0.1, -0.05) is 25.5 Å². The molecule has 0 saturated carbocycles. The van der Waals surface area contributed by atoms with E-state index in [1.54, 1.807) is 30.3 Å². The minimum absolute atomic E-state index is 0.240. The average molecular weight is 405 g/mol. The van der Waals surface area contributed by atoms with E-state index < -0.39 is 0 Å². The Morgan fingerprint density at radius 1 is 1.11 bits per heavy atom. The smallest absolute Gasteiger partial charge is 0.269 e. The maximum atomic E-state index is 12.9. The number of unbranched alkanes of at least 4 members (excludes halogenated alkanes) is 1. The van der Waals surface area contributed by atoms with Gasteiger partial charge in [-0.3, -0.25) is 15.6 Å². The predicted molar refractivity (Wildman–Crippen MR) is 110 cm³/mol. The van der Waals surface area contributed by atoms with E-state index in [1.165, 1.54) is 19.2 Å². The fourth-order valence-electron chi connectivity index (χ4n) is 2.27. The summed E-state index contributed by atoms with van der Waals surface area (Å²) in [6.45, 7) is 3.08. The Morgan fingerprint density at radius 3 is 2.54 bits per heavy atom. The van der Waals surface area contributed by atoms with Gasteiger partial charge in [0.2, 0.25) is 0 Å². The highest BCUT2D eigenvalue weighted by Crippen LogP contribution is 2.28. The highest BCUT2D eigenvalue weighted by molar-refractivity contribution is 7.80. The van der Waals surface area contributed by atoms with Crippen molar-refractivity contribution in [3.8, 4) is 11.5 Å². The third kappa shape index (κ3) is 6.70. The van der Waals surface area contributed by atoms with E-state index in [0.717, 1.165) is 18.4 Å². The van der Waals surface area contributed by atoms with Crippen molar-refractivity contribution >= 4 is 23.2 Å². The largest absolute Gasteiger partial charge is 0.493 e. The Kier molecular flexibility index (Phi) is 8.48. The maximum Gasteiger partial charge on any atom is 0.269 e. The molecule has 0 fully saturated rings. The van der Waals surface area contributed by atoms with Gasteiger partial charge in [0.25, 0.3) is 5.91 Å². The van der Waals surface area contributed by atoms with E-state index in [-0.39, 0.29) is 16.8 Å². The zero-order valence-corrected chi connectivity index (χ0v) is 16.7. The molecule has 2 aromatic carbocycles. The molecule has 1 amide bonds. The molecule has 0 aliphatic heterocycles. The molecular formula is C20H24FN3O3S. The van der Waals surface area contributed by atoms with Crippen molar-refractivity contribution in [2.24, 2.45) is 0 Å². The van der Waals surface area contributed by atoms with E-state index >= 15 is 0 Å². The minimum Gasteiger partial charge on any atom is -0.493 e. The van der Waals surface area contributed by atoms with Gasteiger partial charge < -0.3 is 14.8 Å². The molecule has 28 heavy (non-hydrogen) atoms. The number of hydrogen-bond acceptors (Lipinski definition) is 4. The maximum absolute atomic E-state index is 12.9. The first-order chi connectivity index (χ1) is 13.5. The van der Waals surface area contributed by atoms with Crippen LogP contribution in [0.1, 0.15) is 35.7 Å². The van der Waals surface area contributed by atoms with Crippen molar-refractivity contribution in [1.82, 2.24) is 16.2 Å². The van der Waals surface area contributed by atoms with Gasteiger partial charge in [0.15, 0.2) is 16.6 Å². The van der Waals surface area contributed by atoms with E-state index in [0.29, 0.717) is 30.2 Å². The second-order valence-electron chi connectivity index (χ2n) is 5.96. The molecule has 0 saturated heterocycles. The number of carbonyl (C=O) groups excluding carboxylic acids is 1. The van der Waals surface area contributed by atoms with Gasteiger partial charge in [0.05, 0.1) is 13.7 Å². The van der Waals surface area contributed by atoms with Gasteiger partial charge in [-0.25, -0.2) is 4.39 Å². The SMILES string of the molecule is CCCCOc1ccc(C(=O)NNC(=S)NCc2ccc(F)cc2)cc1OC. The number of rotatable bonds is 8. The molecule has 3 N–H and O–H groups in total. The van der Waals surface area contributed by atoms with Gasteiger partial charge in [-0.2, -0.15) is 0 Å². The second kappa shape index (κ2) is 11.1. The lowest BCUT2D eigenvalue weighted by Gasteiger charge is -2.14. The summed E-state index contributed by atoms with van der Waals surface area (Å²) in [5.41, 5.74) is 6.41. The number of ether oxygens (including phenoxy) is 2. The van der Waals surface area contributed by atoms with Crippen molar-refractivity contribution in [1.29, 1.82) is 0 Å². The van der Waals surface area contributed by atoms with Crippen LogP contribution in [-0.4, -0.2) is 24.7 Å². The van der Waals surface area contributed by atoms with Crippen LogP contribution in [0.3, 0.4) is 0 Å². The van der Waals surface area contributed by atoms with Crippen LogP contribution in [0, 0.1) is 5.82 Å². The lowest BCUT2D eigenvalue weighted by molar-refractivity contribution is 0.0943. The molecule has 0 unspecified atom stereocenters. The number of halogens is 1. The lowest BCUT2D eigenvalue weighted by Crippen LogP contribution is -2.46. The van der Waals surface area contributed by atoms with Crippen LogP contribution >= 0.6 is 12.2 Å². The van der Waals surface area contributed by atoms with Gasteiger partial charge in [0, 0.05) is 12.1 Å². The molecule has 2 rings (SSSR count). The Labute approximate surface area is 169 Å². The summed E-state index contributed by atoms with van der Waals surface area (Å²) < 4.78 is 23.8. The number of carbonyl (C=O) groups is 1. The van der Waals surface area contributed by atoms with Crippen LogP contribution in [0.4, 0.5) is 4.39 Å². The molecule has 150 valence electrons. The fraction of sp³-hybridized carbons (Fsp3) is 0.300. The number of amides is 1. The topological polar surface area (TPSA) is 71.6 Å². The zero-order valence-electron chi connectivity index (χ0n) is 15.9. The standard InChI is InChI=1S/C20H24FN3O3S/c1-3-4-11-27-17-10-7-15(12-18(17)26-2)19(25)23-24-20(28)22-13-14-5-8-16(21)9-6-14/h5-10,12H,3-4,11,13H2,1-2H3,(H,23,25)(H2,22,24,28). The fourth-order valence-corrected chi connectivity index (χ4v) is 2.39. The summed E-state index contributed by atoms with van der Waals surface area (Å²) in [5.74, 6) is 0.413. The van der Waals surface area contributed by atoms with E-state index in [9.17, 15) is 9.18 Å². The summed E-state index contributed by atoms with van der Waals surface area (Å²) in [4.78, 5) is 12.3. The summed E-state index contributed by atoms with van der Waals surface area (Å²) in [6.07, 6.45) is 1.97. The molecule has 2 aromatic rings. The molecule has 0 atom stereocenters. The molecule has 0 spiro atoms. The first-order valence-corrected chi connectivity index (χ1v) is 9.33. The van der Waals surface area contributed by atoms with Crippen LogP contribution in [0.15, 0.2) is 42.5 Å². The van der Waals surface area contributed by atoms with Crippen LogP contribution in [0.25, 0.3) is 0 Å². The molecule has 0 heterocycles. The zero-order chi connectivity index (χ0) is 20.4. The van der Waals surface area contributed by atoms with Crippen molar-refractivity contribution in [3.63, 3.8) is 0 Å². The Hall–Kier alpha value is -2.87. The molecular weight excluding hydrogens is 381 g/mol. The van der Waals surface area contributed by atoms with Crippen molar-refractivity contribution in [2.75, 3.05) is 13.7 Å². The lowest BCUT2D eigenvalue weighted by atomic mass is 10.2. The van der Waals surface area contributed by atoms with Gasteiger partial charge in [-0.15, -0.1) is 0 Å². The van der Waals surface area contributed by atoms with Crippen LogP contribution < -0.4 is 25.6 Å². The predicted octanol–water partition coefficient (Wildman–Crippen LogP) is 3.32. The minimum atomic E-state index is -0.371. The molecule has 0 aliphatic carbocycles. The molecule has 0 aromatic heterocycles. The monoisotopic (exact) mass is 405 g/mol. The summed E-state index contributed by atoms with van der Waals surface area (Å²) in [6, 6.07) is 11.0. The Bertz CT molecular complexity index is 800. The Morgan fingerprint density at radius 2 is 1.86 bits per heavy atom. The Balaban J connectivity index is 1.84. The van der Waals surface area contributed by atoms with Gasteiger partial charge in [-0.05, 0) is 54.5 Å². The van der Waals surface area contributed by atoms with E-state index in [2.05, 4.69) is 23.1 Å². The van der Waals surface area contributed by atoms with Gasteiger partial charge in [0.1, 0.15) is 5.82 Å². The van der Waals surface area contributed by atoms with Crippen LogP contribution in [0.5, 0.6) is 11.5 Å². The normalized spacial score (nSPS) is 10.1. The highest BCUT2D eigenvalue weighted by atomic mass is 32.1. The van der Waals surface area contributed by atoms with E-state index in [4.69, 9.17) is 21.7 Å². The second-order valence-corrected chi connectivity index (χ2v) is 6.36. The number of nitrogens with one attached hydrogen (secondary N) is 3. The summed E-state index contributed by atoms with van der Waals surface area (Å²) >= 11 is 5.12. The van der Waals surface area contributed by atoms with Gasteiger partial charge >= 0.3 is 0 Å². The molecule has 0 bridgehead atoms. The van der Waals surface area contributed by atoms with E-state index in [1.807, 2.05) is 0 Å². The number of hydrazine groups is 1. The molecule has 0 radical (unpaired) electrons. The summed E-state index contributed by atoms with van der Waals surface area (Å²) in [7, 11) is 1.52. The van der Waals surface area contributed by atoms with Crippen molar-refractivity contribution < 1.29 is 18.7 Å². The summed E-state index contributed by atoms with van der Waals surface area (Å²) in [5, 5.41) is 3.16. The number of thiocarbonyl (C=S) groups is 1. The quantitative estimate of drug-likeness (QED) is 0.356. The number of hydrogen-bond donors (Lipinski definition) is 3. The third-order valence-electron chi connectivity index (χ3n) is 3.84. The van der Waals surface area contributed by atoms with Crippen molar-refractivity contribution in [2.45, 2.75) is 26.3 Å². The molecule has 6 nitrogen and oxygen atoms in total. The van der Waals surface area contributed by atoms with Crippen molar-refractivity contribution in [3.05, 3.63) is 59.4 Å². The molecule has 0 aliphatic rings.